The second-order valence-electron chi connectivity index (χ2n) is 4.03. The standard InChI is InChI=1S/C14H11N3O2.ClH/c15-13(18)10-7-4-8-11-12(10)17-14(19-11)16-9-5-2-1-3-6-9;/h1-8H,(H2,15,18)(H,16,17);1H. The molecule has 1 amide bonds. The number of aromatic nitrogens is 1. The summed E-state index contributed by atoms with van der Waals surface area (Å²) in [6.07, 6.45) is 0. The third-order valence-electron chi connectivity index (χ3n) is 2.71. The van der Waals surface area contributed by atoms with Gasteiger partial charge >= 0.3 is 0 Å². The van der Waals surface area contributed by atoms with Gasteiger partial charge in [-0.2, -0.15) is 4.98 Å². The van der Waals surface area contributed by atoms with Crippen molar-refractivity contribution < 1.29 is 9.21 Å². The lowest BCUT2D eigenvalue weighted by molar-refractivity contribution is 0.100. The zero-order chi connectivity index (χ0) is 13.2. The summed E-state index contributed by atoms with van der Waals surface area (Å²) in [5, 5.41) is 3.03. The topological polar surface area (TPSA) is 81.2 Å². The van der Waals surface area contributed by atoms with E-state index < -0.39 is 5.91 Å². The van der Waals surface area contributed by atoms with Gasteiger partial charge in [0.2, 0.25) is 0 Å². The maximum atomic E-state index is 11.3. The van der Waals surface area contributed by atoms with Crippen LogP contribution in [0, 0.1) is 0 Å². The van der Waals surface area contributed by atoms with Crippen LogP contribution in [0.15, 0.2) is 52.9 Å². The highest BCUT2D eigenvalue weighted by Crippen LogP contribution is 2.24. The van der Waals surface area contributed by atoms with Crippen LogP contribution in [0.25, 0.3) is 11.1 Å². The van der Waals surface area contributed by atoms with Gasteiger partial charge in [-0.1, -0.05) is 24.3 Å². The molecule has 5 nitrogen and oxygen atoms in total. The molecule has 0 bridgehead atoms. The van der Waals surface area contributed by atoms with Crippen molar-refractivity contribution in [1.29, 1.82) is 0 Å². The van der Waals surface area contributed by atoms with E-state index in [9.17, 15) is 4.79 Å². The zero-order valence-electron chi connectivity index (χ0n) is 10.4. The van der Waals surface area contributed by atoms with Crippen LogP contribution in [0.1, 0.15) is 10.4 Å². The lowest BCUT2D eigenvalue weighted by atomic mass is 10.2. The van der Waals surface area contributed by atoms with Crippen LogP contribution in [-0.4, -0.2) is 10.9 Å². The minimum atomic E-state index is -0.523. The molecule has 3 rings (SSSR count). The third-order valence-corrected chi connectivity index (χ3v) is 2.71. The Morgan fingerprint density at radius 1 is 1.10 bits per heavy atom. The average Bonchev–Trinajstić information content (AvgIpc) is 2.81. The number of carbonyl (C=O) groups is 1. The number of hydrogen-bond acceptors (Lipinski definition) is 4. The van der Waals surface area contributed by atoms with Gasteiger partial charge in [-0.15, -0.1) is 12.4 Å². The van der Waals surface area contributed by atoms with Crippen molar-refractivity contribution in [3.63, 3.8) is 0 Å². The van der Waals surface area contributed by atoms with Crippen molar-refractivity contribution in [3.05, 3.63) is 54.1 Å². The number of halogens is 1. The van der Waals surface area contributed by atoms with E-state index >= 15 is 0 Å². The molecule has 102 valence electrons. The number of amides is 1. The number of oxazole rings is 1. The summed E-state index contributed by atoms with van der Waals surface area (Å²) < 4.78 is 5.53. The summed E-state index contributed by atoms with van der Waals surface area (Å²) >= 11 is 0. The number of nitrogens with one attached hydrogen (secondary N) is 1. The number of rotatable bonds is 3. The van der Waals surface area contributed by atoms with E-state index in [2.05, 4.69) is 10.3 Å². The molecule has 0 aliphatic heterocycles. The second kappa shape index (κ2) is 5.63. The van der Waals surface area contributed by atoms with Crippen molar-refractivity contribution >= 4 is 41.1 Å². The summed E-state index contributed by atoms with van der Waals surface area (Å²) in [6.45, 7) is 0. The minimum Gasteiger partial charge on any atom is -0.423 e. The summed E-state index contributed by atoms with van der Waals surface area (Å²) in [4.78, 5) is 15.6. The van der Waals surface area contributed by atoms with Crippen molar-refractivity contribution in [3.8, 4) is 0 Å². The highest BCUT2D eigenvalue weighted by molar-refractivity contribution is 6.03. The molecule has 6 heteroatoms. The Hall–Kier alpha value is -2.53. The largest absolute Gasteiger partial charge is 0.423 e. The average molecular weight is 290 g/mol. The van der Waals surface area contributed by atoms with Crippen LogP contribution < -0.4 is 11.1 Å². The molecule has 3 aromatic rings. The summed E-state index contributed by atoms with van der Waals surface area (Å²) in [5.41, 5.74) is 7.50. The van der Waals surface area contributed by atoms with E-state index in [-0.39, 0.29) is 12.4 Å². The highest BCUT2D eigenvalue weighted by atomic mass is 35.5. The lowest BCUT2D eigenvalue weighted by Gasteiger charge is -1.98. The maximum absolute atomic E-state index is 11.3. The van der Waals surface area contributed by atoms with E-state index in [1.807, 2.05) is 30.3 Å². The molecule has 0 saturated carbocycles. The van der Waals surface area contributed by atoms with Gasteiger partial charge in [-0.05, 0) is 24.3 Å². The maximum Gasteiger partial charge on any atom is 0.300 e. The van der Waals surface area contributed by atoms with E-state index in [4.69, 9.17) is 10.2 Å². The lowest BCUT2D eigenvalue weighted by Crippen LogP contribution is -2.11. The number of anilines is 2. The van der Waals surface area contributed by atoms with E-state index in [1.54, 1.807) is 18.2 Å². The second-order valence-corrected chi connectivity index (χ2v) is 4.03. The van der Waals surface area contributed by atoms with Gasteiger partial charge in [0.1, 0.15) is 5.52 Å². The van der Waals surface area contributed by atoms with Gasteiger partial charge in [0.25, 0.3) is 11.9 Å². The number of nitrogens with two attached hydrogens (primary N) is 1. The van der Waals surface area contributed by atoms with Crippen molar-refractivity contribution in [2.75, 3.05) is 5.32 Å². The van der Waals surface area contributed by atoms with Crippen molar-refractivity contribution in [2.24, 2.45) is 5.73 Å². The van der Waals surface area contributed by atoms with Gasteiger partial charge < -0.3 is 15.5 Å². The van der Waals surface area contributed by atoms with Crippen LogP contribution in [0.2, 0.25) is 0 Å². The molecule has 0 saturated heterocycles. The zero-order valence-corrected chi connectivity index (χ0v) is 11.2. The van der Waals surface area contributed by atoms with E-state index in [0.29, 0.717) is 22.7 Å². The van der Waals surface area contributed by atoms with Crippen LogP contribution in [-0.2, 0) is 0 Å². The molecule has 1 aromatic heterocycles. The monoisotopic (exact) mass is 289 g/mol. The van der Waals surface area contributed by atoms with Gasteiger partial charge in [0, 0.05) is 5.69 Å². The molecule has 20 heavy (non-hydrogen) atoms. The Balaban J connectivity index is 0.00000147. The first kappa shape index (κ1) is 13.9. The quantitative estimate of drug-likeness (QED) is 0.776. The molecule has 3 N–H and O–H groups in total. The smallest absolute Gasteiger partial charge is 0.300 e. The third kappa shape index (κ3) is 2.57. The molecule has 0 fully saturated rings. The summed E-state index contributed by atoms with van der Waals surface area (Å²) in [7, 11) is 0. The molecule has 0 unspecified atom stereocenters. The molecule has 1 heterocycles. The minimum absolute atomic E-state index is 0. The van der Waals surface area contributed by atoms with Gasteiger partial charge in [-0.3, -0.25) is 4.79 Å². The first-order valence-corrected chi connectivity index (χ1v) is 5.75. The number of benzene rings is 2. The number of nitrogens with zero attached hydrogens (tertiary/aromatic N) is 1. The first-order chi connectivity index (χ1) is 9.24. The number of hydrogen-bond donors (Lipinski definition) is 2. The Bertz CT molecular complexity index is 741. The summed E-state index contributed by atoms with van der Waals surface area (Å²) in [6, 6.07) is 14.9. The van der Waals surface area contributed by atoms with E-state index in [1.165, 1.54) is 0 Å². The predicted octanol–water partition coefficient (Wildman–Crippen LogP) is 3.09. The number of primary amides is 1. The first-order valence-electron chi connectivity index (χ1n) is 5.75. The predicted molar refractivity (Wildman–Crippen MR) is 79.5 cm³/mol. The Morgan fingerprint density at radius 2 is 1.85 bits per heavy atom. The molecule has 2 aromatic carbocycles. The number of fused-ring (bicyclic) bond motifs is 1. The highest BCUT2D eigenvalue weighted by Gasteiger charge is 2.12. The van der Waals surface area contributed by atoms with Gasteiger partial charge in [0.15, 0.2) is 5.58 Å². The van der Waals surface area contributed by atoms with E-state index in [0.717, 1.165) is 5.69 Å². The SMILES string of the molecule is Cl.NC(=O)c1cccc2oc(Nc3ccccc3)nc12. The molecule has 0 aliphatic carbocycles. The molecular weight excluding hydrogens is 278 g/mol. The normalized spacial score (nSPS) is 10.0. The fraction of sp³-hybridized carbons (Fsp3) is 0. The molecule has 0 spiro atoms. The fourth-order valence-corrected chi connectivity index (χ4v) is 1.85. The Morgan fingerprint density at radius 3 is 2.55 bits per heavy atom. The number of para-hydroxylation sites is 2. The van der Waals surface area contributed by atoms with Crippen molar-refractivity contribution in [1.82, 2.24) is 4.98 Å². The fourth-order valence-electron chi connectivity index (χ4n) is 1.85. The van der Waals surface area contributed by atoms with Crippen LogP contribution >= 0.6 is 12.4 Å². The molecule has 0 radical (unpaired) electrons. The molecule has 0 atom stereocenters. The Labute approximate surface area is 121 Å². The van der Waals surface area contributed by atoms with Crippen molar-refractivity contribution in [2.45, 2.75) is 0 Å². The molecule has 0 aliphatic rings. The van der Waals surface area contributed by atoms with Crippen LogP contribution in [0.5, 0.6) is 0 Å². The van der Waals surface area contributed by atoms with Crippen LogP contribution in [0.4, 0.5) is 11.7 Å². The number of carbonyl (C=O) groups excluding carboxylic acids is 1. The molecular formula is C14H12ClN3O2. The Kier molecular flexibility index (Phi) is 3.91. The summed E-state index contributed by atoms with van der Waals surface area (Å²) in [5.74, 6) is -0.523. The van der Waals surface area contributed by atoms with Gasteiger partial charge in [0.05, 0.1) is 5.56 Å². The van der Waals surface area contributed by atoms with Gasteiger partial charge in [-0.25, -0.2) is 0 Å². The van der Waals surface area contributed by atoms with Crippen LogP contribution in [0.3, 0.4) is 0 Å².